The molecular weight excluding hydrogens is 387 g/mol. The fraction of sp³-hybridized carbons (Fsp3) is 0.158. The van der Waals surface area contributed by atoms with Crippen LogP contribution in [-0.4, -0.2) is 15.7 Å². The zero-order chi connectivity index (χ0) is 18.4. The standard InChI is InChI=1S/C19H18Cl2N4S/c20-17-11-23-19(21)25-18(17)24-16-6-2-3-13(10-16)7-8-26-12-14-4-1-5-15(22)9-14/h1-6,9-11H,7-8,12,22H2,(H,23,24,25). The van der Waals surface area contributed by atoms with Crippen molar-refractivity contribution in [2.24, 2.45) is 0 Å². The maximum absolute atomic E-state index is 6.10. The highest BCUT2D eigenvalue weighted by Crippen LogP contribution is 2.24. The van der Waals surface area contributed by atoms with Gasteiger partial charge in [-0.1, -0.05) is 35.9 Å². The van der Waals surface area contributed by atoms with Gasteiger partial charge >= 0.3 is 0 Å². The predicted molar refractivity (Wildman–Crippen MR) is 112 cm³/mol. The zero-order valence-electron chi connectivity index (χ0n) is 14.0. The molecule has 0 fully saturated rings. The molecule has 0 unspecified atom stereocenters. The predicted octanol–water partition coefficient (Wildman–Crippen LogP) is 5.59. The molecule has 1 aromatic heterocycles. The minimum absolute atomic E-state index is 0.158. The molecule has 0 atom stereocenters. The molecule has 0 aliphatic rings. The van der Waals surface area contributed by atoms with Crippen molar-refractivity contribution in [3.8, 4) is 0 Å². The zero-order valence-corrected chi connectivity index (χ0v) is 16.3. The Labute approximate surface area is 167 Å². The van der Waals surface area contributed by atoms with Gasteiger partial charge in [-0.05, 0) is 59.2 Å². The van der Waals surface area contributed by atoms with E-state index in [1.807, 2.05) is 42.1 Å². The smallest absolute Gasteiger partial charge is 0.224 e. The maximum Gasteiger partial charge on any atom is 0.224 e. The van der Waals surface area contributed by atoms with Gasteiger partial charge < -0.3 is 11.1 Å². The van der Waals surface area contributed by atoms with E-state index < -0.39 is 0 Å². The van der Waals surface area contributed by atoms with Crippen LogP contribution in [0.4, 0.5) is 17.2 Å². The third-order valence-electron chi connectivity index (χ3n) is 3.66. The van der Waals surface area contributed by atoms with Crippen LogP contribution in [0, 0.1) is 0 Å². The summed E-state index contributed by atoms with van der Waals surface area (Å²) in [5, 5.41) is 3.77. The molecule has 2 aromatic carbocycles. The molecule has 3 N–H and O–H groups in total. The van der Waals surface area contributed by atoms with Crippen molar-refractivity contribution in [2.45, 2.75) is 12.2 Å². The van der Waals surface area contributed by atoms with E-state index in [4.69, 9.17) is 28.9 Å². The minimum Gasteiger partial charge on any atom is -0.399 e. The number of benzene rings is 2. The lowest BCUT2D eigenvalue weighted by Crippen LogP contribution is -1.97. The van der Waals surface area contributed by atoms with E-state index >= 15 is 0 Å². The second kappa shape index (κ2) is 9.12. The third-order valence-corrected chi connectivity index (χ3v) is 5.15. The molecular formula is C19H18Cl2N4S. The molecule has 0 spiro atoms. The number of aromatic nitrogens is 2. The number of aryl methyl sites for hydroxylation is 1. The van der Waals surface area contributed by atoms with Crippen molar-refractivity contribution in [2.75, 3.05) is 16.8 Å². The van der Waals surface area contributed by atoms with Crippen molar-refractivity contribution >= 4 is 52.2 Å². The van der Waals surface area contributed by atoms with Crippen LogP contribution in [-0.2, 0) is 12.2 Å². The van der Waals surface area contributed by atoms with Gasteiger partial charge in [-0.2, -0.15) is 16.7 Å². The fourth-order valence-electron chi connectivity index (χ4n) is 2.44. The Morgan fingerprint density at radius 1 is 1.04 bits per heavy atom. The highest BCUT2D eigenvalue weighted by Gasteiger charge is 2.05. The molecule has 7 heteroatoms. The lowest BCUT2D eigenvalue weighted by atomic mass is 10.1. The van der Waals surface area contributed by atoms with Crippen molar-refractivity contribution in [3.63, 3.8) is 0 Å². The number of nitrogens with two attached hydrogens (primary N) is 1. The molecule has 0 saturated carbocycles. The number of halogens is 2. The van der Waals surface area contributed by atoms with Crippen LogP contribution in [0.1, 0.15) is 11.1 Å². The second-order valence-corrected chi connectivity index (χ2v) is 7.56. The summed E-state index contributed by atoms with van der Waals surface area (Å²) in [7, 11) is 0. The molecule has 0 amide bonds. The summed E-state index contributed by atoms with van der Waals surface area (Å²) in [6, 6.07) is 16.2. The average Bonchev–Trinajstić information content (AvgIpc) is 2.62. The summed E-state index contributed by atoms with van der Waals surface area (Å²) in [6.07, 6.45) is 2.46. The van der Waals surface area contributed by atoms with Crippen LogP contribution < -0.4 is 11.1 Å². The normalized spacial score (nSPS) is 10.7. The van der Waals surface area contributed by atoms with Gasteiger partial charge in [0.1, 0.15) is 5.02 Å². The monoisotopic (exact) mass is 404 g/mol. The number of hydrogen-bond acceptors (Lipinski definition) is 5. The van der Waals surface area contributed by atoms with E-state index in [-0.39, 0.29) is 5.28 Å². The second-order valence-electron chi connectivity index (χ2n) is 5.71. The Balaban J connectivity index is 1.55. The van der Waals surface area contributed by atoms with Gasteiger partial charge in [0.15, 0.2) is 5.82 Å². The van der Waals surface area contributed by atoms with Gasteiger partial charge in [-0.25, -0.2) is 4.98 Å². The first kappa shape index (κ1) is 18.8. The third kappa shape index (κ3) is 5.53. The van der Waals surface area contributed by atoms with Crippen LogP contribution in [0.25, 0.3) is 0 Å². The van der Waals surface area contributed by atoms with Gasteiger partial charge in [0.2, 0.25) is 5.28 Å². The van der Waals surface area contributed by atoms with Crippen LogP contribution in [0.3, 0.4) is 0 Å². The highest BCUT2D eigenvalue weighted by atomic mass is 35.5. The molecule has 1 heterocycles. The van der Waals surface area contributed by atoms with Crippen LogP contribution in [0.15, 0.2) is 54.7 Å². The molecule has 3 rings (SSSR count). The van der Waals surface area contributed by atoms with Gasteiger partial charge in [0.25, 0.3) is 0 Å². The number of hydrogen-bond donors (Lipinski definition) is 2. The molecule has 134 valence electrons. The van der Waals surface area contributed by atoms with E-state index in [0.717, 1.165) is 29.3 Å². The van der Waals surface area contributed by atoms with E-state index in [9.17, 15) is 0 Å². The molecule has 0 saturated heterocycles. The van der Waals surface area contributed by atoms with Crippen molar-refractivity contribution in [1.82, 2.24) is 9.97 Å². The van der Waals surface area contributed by atoms with Gasteiger partial charge in [-0.15, -0.1) is 0 Å². The molecule has 4 nitrogen and oxygen atoms in total. The molecule has 0 aliphatic carbocycles. The van der Waals surface area contributed by atoms with Crippen LogP contribution in [0.2, 0.25) is 10.3 Å². The molecule has 0 bridgehead atoms. The first-order chi connectivity index (χ1) is 12.6. The highest BCUT2D eigenvalue weighted by molar-refractivity contribution is 7.98. The summed E-state index contributed by atoms with van der Waals surface area (Å²) in [4.78, 5) is 7.96. The summed E-state index contributed by atoms with van der Waals surface area (Å²) >= 11 is 13.8. The quantitative estimate of drug-likeness (QED) is 0.305. The fourth-order valence-corrected chi connectivity index (χ4v) is 3.65. The largest absolute Gasteiger partial charge is 0.399 e. The Morgan fingerprint density at radius 2 is 1.85 bits per heavy atom. The average molecular weight is 405 g/mol. The van der Waals surface area contributed by atoms with E-state index in [1.165, 1.54) is 17.3 Å². The number of nitrogens with zero attached hydrogens (tertiary/aromatic N) is 2. The summed E-state index contributed by atoms with van der Waals surface area (Å²) in [5.74, 6) is 2.48. The summed E-state index contributed by atoms with van der Waals surface area (Å²) in [6.45, 7) is 0. The van der Waals surface area contributed by atoms with E-state index in [2.05, 4.69) is 33.5 Å². The number of nitrogens with one attached hydrogen (secondary N) is 1. The maximum atomic E-state index is 6.10. The van der Waals surface area contributed by atoms with Crippen LogP contribution in [0.5, 0.6) is 0 Å². The van der Waals surface area contributed by atoms with E-state index in [1.54, 1.807) is 0 Å². The van der Waals surface area contributed by atoms with Gasteiger partial charge in [0.05, 0.1) is 6.20 Å². The van der Waals surface area contributed by atoms with Crippen LogP contribution >= 0.6 is 35.0 Å². The number of thioether (sulfide) groups is 1. The van der Waals surface area contributed by atoms with Crippen molar-refractivity contribution in [3.05, 3.63) is 76.2 Å². The lowest BCUT2D eigenvalue weighted by molar-refractivity contribution is 1.15. The molecule has 0 radical (unpaired) electrons. The van der Waals surface area contributed by atoms with Crippen molar-refractivity contribution in [1.29, 1.82) is 0 Å². The van der Waals surface area contributed by atoms with Gasteiger partial charge in [-0.3, -0.25) is 0 Å². The van der Waals surface area contributed by atoms with E-state index in [0.29, 0.717) is 10.8 Å². The SMILES string of the molecule is Nc1cccc(CSCCc2cccc(Nc3nc(Cl)ncc3Cl)c2)c1. The first-order valence-electron chi connectivity index (χ1n) is 8.06. The lowest BCUT2D eigenvalue weighted by Gasteiger charge is -2.09. The minimum atomic E-state index is 0.158. The Kier molecular flexibility index (Phi) is 6.61. The topological polar surface area (TPSA) is 63.8 Å². The van der Waals surface area contributed by atoms with Gasteiger partial charge in [0, 0.05) is 17.1 Å². The number of anilines is 3. The Morgan fingerprint density at radius 3 is 2.69 bits per heavy atom. The Hall–Kier alpha value is -1.95. The van der Waals surface area contributed by atoms with Crippen molar-refractivity contribution < 1.29 is 0 Å². The molecule has 0 aliphatic heterocycles. The molecule has 3 aromatic rings. The number of rotatable bonds is 7. The molecule has 26 heavy (non-hydrogen) atoms. The Bertz CT molecular complexity index is 889. The number of nitrogen functional groups attached to an aromatic ring is 1. The first-order valence-corrected chi connectivity index (χ1v) is 9.97. The summed E-state index contributed by atoms with van der Waals surface area (Å²) < 4.78 is 0. The summed E-state index contributed by atoms with van der Waals surface area (Å²) in [5.41, 5.74) is 10.0.